The molecule has 2 aliphatic rings. The molecule has 2 saturated carbocycles. The Hall–Kier alpha value is -0.830. The number of aromatic nitrogens is 2. The number of hydrogen-bond acceptors (Lipinski definition) is 2. The smallest absolute Gasteiger partial charge is 0.0624 e. The zero-order valence-electron chi connectivity index (χ0n) is 12.3. The average molecular weight is 261 g/mol. The van der Waals surface area contributed by atoms with E-state index in [4.69, 9.17) is 5.73 Å². The lowest BCUT2D eigenvalue weighted by Gasteiger charge is -2.24. The molecule has 0 spiro atoms. The summed E-state index contributed by atoms with van der Waals surface area (Å²) in [5.74, 6) is 2.94. The molecule has 3 heteroatoms. The zero-order valence-corrected chi connectivity index (χ0v) is 12.3. The van der Waals surface area contributed by atoms with Crippen LogP contribution in [0.5, 0.6) is 0 Å². The van der Waals surface area contributed by atoms with Crippen molar-refractivity contribution in [2.45, 2.75) is 57.9 Å². The molecule has 3 rings (SSSR count). The first-order valence-corrected chi connectivity index (χ1v) is 7.93. The molecule has 0 radical (unpaired) electrons. The van der Waals surface area contributed by atoms with E-state index >= 15 is 0 Å². The third-order valence-corrected chi connectivity index (χ3v) is 5.35. The maximum absolute atomic E-state index is 6.40. The number of nitrogens with two attached hydrogens (primary N) is 1. The summed E-state index contributed by atoms with van der Waals surface area (Å²) < 4.78 is 2.01. The van der Waals surface area contributed by atoms with Crippen LogP contribution in [0.1, 0.15) is 50.4 Å². The maximum atomic E-state index is 6.40. The van der Waals surface area contributed by atoms with E-state index in [1.165, 1.54) is 43.5 Å². The highest BCUT2D eigenvalue weighted by Crippen LogP contribution is 2.49. The molecular formula is C16H27N3. The van der Waals surface area contributed by atoms with Crippen molar-refractivity contribution >= 4 is 0 Å². The number of aryl methyl sites for hydroxylation is 2. The largest absolute Gasteiger partial charge is 0.327 e. The molecule has 4 atom stereocenters. The highest BCUT2D eigenvalue weighted by molar-refractivity contribution is 5.11. The summed E-state index contributed by atoms with van der Waals surface area (Å²) in [6.45, 7) is 2.15. The van der Waals surface area contributed by atoms with Crippen LogP contribution in [0, 0.1) is 17.8 Å². The third kappa shape index (κ3) is 2.71. The molecule has 2 fully saturated rings. The van der Waals surface area contributed by atoms with Crippen LogP contribution in [-0.2, 0) is 19.9 Å². The molecule has 1 heterocycles. The average Bonchev–Trinajstić information content (AvgIpc) is 3.05. The molecule has 106 valence electrons. The standard InChI is InChI=1S/C16H27N3/c1-3-15-10-16(19(2)18-15)9-14(17)8-13-7-11-4-5-12(13)6-11/h10-14H,3-9,17H2,1-2H3. The van der Waals surface area contributed by atoms with Gasteiger partial charge in [-0.15, -0.1) is 0 Å². The highest BCUT2D eigenvalue weighted by atomic mass is 15.3. The minimum atomic E-state index is 0.310. The Balaban J connectivity index is 1.56. The van der Waals surface area contributed by atoms with Gasteiger partial charge in [-0.25, -0.2) is 0 Å². The molecule has 2 aliphatic carbocycles. The van der Waals surface area contributed by atoms with Gasteiger partial charge in [-0.3, -0.25) is 4.68 Å². The van der Waals surface area contributed by atoms with Gasteiger partial charge in [0.15, 0.2) is 0 Å². The second-order valence-electron chi connectivity index (χ2n) is 6.74. The van der Waals surface area contributed by atoms with Crippen molar-refractivity contribution in [1.82, 2.24) is 9.78 Å². The fraction of sp³-hybridized carbons (Fsp3) is 0.812. The van der Waals surface area contributed by atoms with Crippen molar-refractivity contribution in [3.05, 3.63) is 17.5 Å². The molecule has 4 unspecified atom stereocenters. The Morgan fingerprint density at radius 2 is 2.26 bits per heavy atom. The van der Waals surface area contributed by atoms with E-state index in [0.717, 1.165) is 30.6 Å². The second-order valence-corrected chi connectivity index (χ2v) is 6.74. The van der Waals surface area contributed by atoms with E-state index in [2.05, 4.69) is 18.1 Å². The Kier molecular flexibility index (Phi) is 3.66. The van der Waals surface area contributed by atoms with Crippen LogP contribution in [0.2, 0.25) is 0 Å². The van der Waals surface area contributed by atoms with E-state index in [9.17, 15) is 0 Å². The van der Waals surface area contributed by atoms with Crippen LogP contribution in [0.15, 0.2) is 6.07 Å². The SMILES string of the molecule is CCc1cc(CC(N)CC2CC3CCC2C3)n(C)n1. The van der Waals surface area contributed by atoms with Gasteiger partial charge in [0.2, 0.25) is 0 Å². The molecule has 0 aliphatic heterocycles. The maximum Gasteiger partial charge on any atom is 0.0624 e. The van der Waals surface area contributed by atoms with E-state index in [0.29, 0.717) is 6.04 Å². The summed E-state index contributed by atoms with van der Waals surface area (Å²) in [7, 11) is 2.04. The third-order valence-electron chi connectivity index (χ3n) is 5.35. The van der Waals surface area contributed by atoms with Gasteiger partial charge >= 0.3 is 0 Å². The van der Waals surface area contributed by atoms with Gasteiger partial charge < -0.3 is 5.73 Å². The van der Waals surface area contributed by atoms with Crippen LogP contribution in [0.25, 0.3) is 0 Å². The first-order chi connectivity index (χ1) is 9.15. The predicted molar refractivity (Wildman–Crippen MR) is 77.8 cm³/mol. The van der Waals surface area contributed by atoms with E-state index in [1.54, 1.807) is 0 Å². The van der Waals surface area contributed by atoms with Crippen LogP contribution >= 0.6 is 0 Å². The number of nitrogens with zero attached hydrogens (tertiary/aromatic N) is 2. The van der Waals surface area contributed by atoms with Crippen LogP contribution < -0.4 is 5.73 Å². The minimum Gasteiger partial charge on any atom is -0.327 e. The Morgan fingerprint density at radius 3 is 2.84 bits per heavy atom. The molecule has 2 bridgehead atoms. The van der Waals surface area contributed by atoms with Crippen LogP contribution in [-0.4, -0.2) is 15.8 Å². The van der Waals surface area contributed by atoms with Crippen molar-refractivity contribution in [1.29, 1.82) is 0 Å². The van der Waals surface area contributed by atoms with Crippen molar-refractivity contribution in [3.8, 4) is 0 Å². The van der Waals surface area contributed by atoms with Gasteiger partial charge in [0.1, 0.15) is 0 Å². The summed E-state index contributed by atoms with van der Waals surface area (Å²) in [6, 6.07) is 2.53. The molecule has 2 N–H and O–H groups in total. The van der Waals surface area contributed by atoms with Gasteiger partial charge in [-0.1, -0.05) is 13.3 Å². The molecular weight excluding hydrogens is 234 g/mol. The Bertz CT molecular complexity index is 437. The summed E-state index contributed by atoms with van der Waals surface area (Å²) >= 11 is 0. The van der Waals surface area contributed by atoms with Crippen LogP contribution in [0.3, 0.4) is 0 Å². The summed E-state index contributed by atoms with van der Waals surface area (Å²) in [6.07, 6.45) is 9.10. The first kappa shape index (κ1) is 13.2. The number of rotatable bonds is 5. The normalized spacial score (nSPS) is 31.0. The fourth-order valence-electron chi connectivity index (χ4n) is 4.34. The van der Waals surface area contributed by atoms with Gasteiger partial charge in [-0.2, -0.15) is 5.10 Å². The summed E-state index contributed by atoms with van der Waals surface area (Å²) in [4.78, 5) is 0. The minimum absolute atomic E-state index is 0.310. The lowest BCUT2D eigenvalue weighted by Crippen LogP contribution is -2.28. The van der Waals surface area contributed by atoms with Gasteiger partial charge in [0, 0.05) is 25.2 Å². The number of fused-ring (bicyclic) bond motifs is 2. The number of hydrogen-bond donors (Lipinski definition) is 1. The summed E-state index contributed by atoms with van der Waals surface area (Å²) in [5.41, 5.74) is 8.88. The first-order valence-electron chi connectivity index (χ1n) is 7.93. The topological polar surface area (TPSA) is 43.8 Å². The molecule has 1 aromatic heterocycles. The van der Waals surface area contributed by atoms with Crippen molar-refractivity contribution in [2.75, 3.05) is 0 Å². The Labute approximate surface area is 116 Å². The van der Waals surface area contributed by atoms with Crippen LogP contribution in [0.4, 0.5) is 0 Å². The monoisotopic (exact) mass is 261 g/mol. The second kappa shape index (κ2) is 5.28. The molecule has 3 nitrogen and oxygen atoms in total. The lowest BCUT2D eigenvalue weighted by molar-refractivity contribution is 0.293. The predicted octanol–water partition coefficient (Wildman–Crippen LogP) is 2.68. The van der Waals surface area contributed by atoms with Gasteiger partial charge in [0.05, 0.1) is 5.69 Å². The molecule has 0 amide bonds. The van der Waals surface area contributed by atoms with Gasteiger partial charge in [0.25, 0.3) is 0 Å². The molecule has 0 saturated heterocycles. The van der Waals surface area contributed by atoms with E-state index < -0.39 is 0 Å². The fourth-order valence-corrected chi connectivity index (χ4v) is 4.34. The van der Waals surface area contributed by atoms with Crippen molar-refractivity contribution in [2.24, 2.45) is 30.5 Å². The lowest BCUT2D eigenvalue weighted by atomic mass is 9.83. The Morgan fingerprint density at radius 1 is 1.42 bits per heavy atom. The molecule has 19 heavy (non-hydrogen) atoms. The van der Waals surface area contributed by atoms with Crippen molar-refractivity contribution in [3.63, 3.8) is 0 Å². The highest BCUT2D eigenvalue weighted by Gasteiger charge is 2.39. The zero-order chi connectivity index (χ0) is 13.4. The van der Waals surface area contributed by atoms with Gasteiger partial charge in [-0.05, 0) is 55.9 Å². The molecule has 1 aromatic rings. The quantitative estimate of drug-likeness (QED) is 0.885. The van der Waals surface area contributed by atoms with E-state index in [-0.39, 0.29) is 0 Å². The summed E-state index contributed by atoms with van der Waals surface area (Å²) in [5, 5.41) is 4.51. The van der Waals surface area contributed by atoms with Crippen molar-refractivity contribution < 1.29 is 0 Å². The van der Waals surface area contributed by atoms with E-state index in [1.807, 2.05) is 11.7 Å². The molecule has 0 aromatic carbocycles.